The molecule has 0 aromatic rings. The summed E-state index contributed by atoms with van der Waals surface area (Å²) in [6.45, 7) is 5.90. The first-order valence-electron chi connectivity index (χ1n) is 5.78. The van der Waals surface area contributed by atoms with Crippen LogP contribution < -0.4 is 5.32 Å². The molecule has 0 saturated heterocycles. The topological polar surface area (TPSA) is 67.9 Å². The van der Waals surface area contributed by atoms with Gasteiger partial charge in [0.15, 0.2) is 0 Å². The van der Waals surface area contributed by atoms with Crippen LogP contribution in [0.4, 0.5) is 0 Å². The molecule has 0 rings (SSSR count). The van der Waals surface area contributed by atoms with E-state index in [4.69, 9.17) is 9.47 Å². The second-order valence-corrected chi connectivity index (χ2v) is 3.55. The van der Waals surface area contributed by atoms with E-state index in [0.717, 1.165) is 0 Å². The Morgan fingerprint density at radius 1 is 1.29 bits per heavy atom. The van der Waals surface area contributed by atoms with Crippen molar-refractivity contribution in [2.45, 2.75) is 13.8 Å². The van der Waals surface area contributed by atoms with E-state index >= 15 is 0 Å². The average molecular weight is 246 g/mol. The number of esters is 1. The summed E-state index contributed by atoms with van der Waals surface area (Å²) in [6, 6.07) is 0. The number of hydrogen-bond donors (Lipinski definition) is 1. The first kappa shape index (κ1) is 15.9. The maximum Gasteiger partial charge on any atom is 0.332 e. The molecule has 0 saturated carbocycles. The summed E-state index contributed by atoms with van der Waals surface area (Å²) in [5.41, 5.74) is 0. The van der Waals surface area contributed by atoms with Gasteiger partial charge in [0.25, 0.3) is 0 Å². The molecule has 0 fully saturated rings. The van der Waals surface area contributed by atoms with Crippen molar-refractivity contribution >= 4 is 11.9 Å². The lowest BCUT2D eigenvalue weighted by molar-refractivity contribution is -0.148. The minimum Gasteiger partial charge on any atom is -0.464 e. The lowest BCUT2D eigenvalue weighted by Gasteiger charge is -2.15. The Morgan fingerprint density at radius 3 is 2.59 bits per heavy atom. The van der Waals surface area contributed by atoms with Crippen molar-refractivity contribution in [3.05, 3.63) is 0 Å². The van der Waals surface area contributed by atoms with E-state index < -0.39 is 0 Å². The number of rotatable bonds is 9. The Morgan fingerprint density at radius 2 is 2.00 bits per heavy atom. The third-order valence-corrected chi connectivity index (χ3v) is 1.93. The number of hydrogen-bond acceptors (Lipinski definition) is 5. The van der Waals surface area contributed by atoms with Gasteiger partial charge in [0.2, 0.25) is 5.91 Å². The number of likely N-dealkylation sites (N-methyl/N-ethyl adjacent to an activating group) is 2. The summed E-state index contributed by atoms with van der Waals surface area (Å²) in [5, 5.41) is 2.71. The molecule has 0 heterocycles. The second kappa shape index (κ2) is 10.0. The van der Waals surface area contributed by atoms with Crippen LogP contribution in [0.2, 0.25) is 0 Å². The number of carbonyl (C=O) groups is 2. The van der Waals surface area contributed by atoms with Crippen LogP contribution in [-0.4, -0.2) is 63.3 Å². The molecule has 0 spiro atoms. The molecule has 6 nitrogen and oxygen atoms in total. The molecule has 1 N–H and O–H groups in total. The van der Waals surface area contributed by atoms with Gasteiger partial charge in [-0.2, -0.15) is 0 Å². The van der Waals surface area contributed by atoms with Gasteiger partial charge in [-0.25, -0.2) is 4.79 Å². The highest BCUT2D eigenvalue weighted by Gasteiger charge is 2.06. The predicted octanol–water partition coefficient (Wildman–Crippen LogP) is -0.366. The van der Waals surface area contributed by atoms with Crippen LogP contribution in [0.3, 0.4) is 0 Å². The van der Waals surface area contributed by atoms with Gasteiger partial charge >= 0.3 is 5.97 Å². The highest BCUT2D eigenvalue weighted by Crippen LogP contribution is 1.86. The van der Waals surface area contributed by atoms with E-state index in [1.807, 2.05) is 18.9 Å². The van der Waals surface area contributed by atoms with Crippen molar-refractivity contribution in [3.63, 3.8) is 0 Å². The maximum absolute atomic E-state index is 11.2. The maximum atomic E-state index is 11.2. The molecule has 100 valence electrons. The molecule has 0 atom stereocenters. The van der Waals surface area contributed by atoms with Crippen LogP contribution in [0.15, 0.2) is 0 Å². The summed E-state index contributed by atoms with van der Waals surface area (Å²) in [7, 11) is 1.82. The first-order chi connectivity index (χ1) is 8.10. The summed E-state index contributed by atoms with van der Waals surface area (Å²) >= 11 is 0. The van der Waals surface area contributed by atoms with Gasteiger partial charge in [-0.3, -0.25) is 9.69 Å². The summed E-state index contributed by atoms with van der Waals surface area (Å²) in [6.07, 6.45) is 0. The van der Waals surface area contributed by atoms with Crippen LogP contribution in [-0.2, 0) is 19.1 Å². The summed E-state index contributed by atoms with van der Waals surface area (Å²) < 4.78 is 9.82. The van der Waals surface area contributed by atoms with E-state index in [1.165, 1.54) is 0 Å². The Bertz CT molecular complexity index is 234. The van der Waals surface area contributed by atoms with Crippen molar-refractivity contribution in [2.75, 3.05) is 46.5 Å². The highest BCUT2D eigenvalue weighted by atomic mass is 16.6. The lowest BCUT2D eigenvalue weighted by Crippen LogP contribution is -2.36. The van der Waals surface area contributed by atoms with Crippen LogP contribution in [0.5, 0.6) is 0 Å². The number of carbonyl (C=O) groups excluding carboxylic acids is 2. The van der Waals surface area contributed by atoms with Crippen LogP contribution >= 0.6 is 0 Å². The average Bonchev–Trinajstić information content (AvgIpc) is 2.25. The number of ether oxygens (including phenoxy) is 2. The molecule has 0 aromatic carbocycles. The molecule has 0 aromatic heterocycles. The van der Waals surface area contributed by atoms with Crippen LogP contribution in [0.1, 0.15) is 13.8 Å². The highest BCUT2D eigenvalue weighted by molar-refractivity contribution is 5.77. The number of nitrogens with zero attached hydrogens (tertiary/aromatic N) is 1. The molecular weight excluding hydrogens is 224 g/mol. The van der Waals surface area contributed by atoms with Crippen molar-refractivity contribution in [1.82, 2.24) is 10.2 Å². The van der Waals surface area contributed by atoms with E-state index in [0.29, 0.717) is 32.8 Å². The minimum absolute atomic E-state index is 0.0135. The SMILES string of the molecule is CCNC(=O)CN(C)CCOCC(=O)OCC. The molecule has 0 aliphatic heterocycles. The van der Waals surface area contributed by atoms with E-state index in [2.05, 4.69) is 5.32 Å². The van der Waals surface area contributed by atoms with Crippen molar-refractivity contribution < 1.29 is 19.1 Å². The molecule has 17 heavy (non-hydrogen) atoms. The Hall–Kier alpha value is -1.14. The number of nitrogens with one attached hydrogen (secondary N) is 1. The second-order valence-electron chi connectivity index (χ2n) is 3.55. The standard InChI is InChI=1S/C11H22N2O4/c1-4-12-10(14)8-13(3)6-7-16-9-11(15)17-5-2/h4-9H2,1-3H3,(H,12,14). The molecule has 6 heteroatoms. The molecule has 0 aliphatic carbocycles. The first-order valence-corrected chi connectivity index (χ1v) is 5.78. The van der Waals surface area contributed by atoms with Gasteiger partial charge in [-0.15, -0.1) is 0 Å². The fourth-order valence-corrected chi connectivity index (χ4v) is 1.16. The van der Waals surface area contributed by atoms with Gasteiger partial charge < -0.3 is 14.8 Å². The monoisotopic (exact) mass is 246 g/mol. The van der Waals surface area contributed by atoms with Crippen LogP contribution in [0.25, 0.3) is 0 Å². The Labute approximate surface area is 102 Å². The molecule has 1 amide bonds. The normalized spacial score (nSPS) is 10.4. The molecule has 0 bridgehead atoms. The van der Waals surface area contributed by atoms with E-state index in [9.17, 15) is 9.59 Å². The third kappa shape index (κ3) is 9.77. The molecule has 0 aliphatic rings. The van der Waals surface area contributed by atoms with Gasteiger partial charge in [0, 0.05) is 13.1 Å². The van der Waals surface area contributed by atoms with Gasteiger partial charge in [0.1, 0.15) is 6.61 Å². The van der Waals surface area contributed by atoms with E-state index in [1.54, 1.807) is 6.92 Å². The third-order valence-electron chi connectivity index (χ3n) is 1.93. The van der Waals surface area contributed by atoms with Gasteiger partial charge in [0.05, 0.1) is 19.8 Å². The van der Waals surface area contributed by atoms with Crippen molar-refractivity contribution in [3.8, 4) is 0 Å². The largest absolute Gasteiger partial charge is 0.464 e. The zero-order valence-electron chi connectivity index (χ0n) is 10.8. The van der Waals surface area contributed by atoms with Crippen molar-refractivity contribution in [2.24, 2.45) is 0 Å². The lowest BCUT2D eigenvalue weighted by atomic mass is 10.5. The summed E-state index contributed by atoms with van der Waals surface area (Å²) in [5.74, 6) is -0.376. The van der Waals surface area contributed by atoms with Gasteiger partial charge in [-0.05, 0) is 20.9 Å². The molecule has 0 radical (unpaired) electrons. The quantitative estimate of drug-likeness (QED) is 0.444. The van der Waals surface area contributed by atoms with E-state index in [-0.39, 0.29) is 18.5 Å². The minimum atomic E-state index is -0.362. The Kier molecular flexibility index (Phi) is 9.37. The van der Waals surface area contributed by atoms with Crippen LogP contribution in [0, 0.1) is 0 Å². The zero-order valence-corrected chi connectivity index (χ0v) is 10.8. The van der Waals surface area contributed by atoms with Gasteiger partial charge in [-0.1, -0.05) is 0 Å². The number of amides is 1. The molecular formula is C11H22N2O4. The fraction of sp³-hybridized carbons (Fsp3) is 0.818. The summed E-state index contributed by atoms with van der Waals surface area (Å²) in [4.78, 5) is 24.0. The Balaban J connectivity index is 3.47. The smallest absolute Gasteiger partial charge is 0.332 e. The fourth-order valence-electron chi connectivity index (χ4n) is 1.16. The molecule has 0 unspecified atom stereocenters. The zero-order chi connectivity index (χ0) is 13.1. The van der Waals surface area contributed by atoms with Crippen molar-refractivity contribution in [1.29, 1.82) is 0 Å². The predicted molar refractivity (Wildman–Crippen MR) is 63.6 cm³/mol.